The fourth-order valence-electron chi connectivity index (χ4n) is 2.81. The van der Waals surface area contributed by atoms with Gasteiger partial charge in [0.1, 0.15) is 0 Å². The number of amides is 1. The lowest BCUT2D eigenvalue weighted by Gasteiger charge is -2.41. The van der Waals surface area contributed by atoms with Crippen molar-refractivity contribution in [1.82, 2.24) is 15.6 Å². The summed E-state index contributed by atoms with van der Waals surface area (Å²) in [4.78, 5) is 16.4. The Balaban J connectivity index is 1.37. The molecule has 1 aromatic heterocycles. The standard InChI is InChI=1S/C15H23N3O2S2/c1-10-8-21-15(16-10)22-9-14(19)18-13-3-2-12(13)17-11-4-6-20-7-5-11/h8,11-13,17H,2-7,9H2,1H3,(H,18,19)/t12-,13+/m1/s1. The average Bonchev–Trinajstić information content (AvgIpc) is 2.94. The summed E-state index contributed by atoms with van der Waals surface area (Å²) in [7, 11) is 0. The maximum atomic E-state index is 12.1. The summed E-state index contributed by atoms with van der Waals surface area (Å²) in [5.74, 6) is 0.564. The predicted molar refractivity (Wildman–Crippen MR) is 89.5 cm³/mol. The second-order valence-electron chi connectivity index (χ2n) is 5.95. The molecule has 2 heterocycles. The molecular weight excluding hydrogens is 318 g/mol. The van der Waals surface area contributed by atoms with Gasteiger partial charge in [-0.2, -0.15) is 0 Å². The van der Waals surface area contributed by atoms with E-state index >= 15 is 0 Å². The van der Waals surface area contributed by atoms with Gasteiger partial charge in [0.2, 0.25) is 5.91 Å². The first-order valence-corrected chi connectivity index (χ1v) is 9.75. The summed E-state index contributed by atoms with van der Waals surface area (Å²) in [5, 5.41) is 8.85. The Hall–Kier alpha value is -0.630. The number of nitrogens with one attached hydrogen (secondary N) is 2. The lowest BCUT2D eigenvalue weighted by atomic mass is 9.85. The first kappa shape index (κ1) is 16.2. The van der Waals surface area contributed by atoms with Crippen LogP contribution >= 0.6 is 23.1 Å². The number of thiazole rings is 1. The third-order valence-corrected chi connectivity index (χ3v) is 6.36. The molecule has 1 saturated heterocycles. The van der Waals surface area contributed by atoms with E-state index in [2.05, 4.69) is 15.6 Å². The average molecular weight is 342 g/mol. The normalized spacial score (nSPS) is 25.7. The van der Waals surface area contributed by atoms with E-state index in [0.717, 1.165) is 48.9 Å². The molecule has 1 saturated carbocycles. The van der Waals surface area contributed by atoms with Gasteiger partial charge in [-0.05, 0) is 32.6 Å². The Bertz CT molecular complexity index is 503. The summed E-state index contributed by atoms with van der Waals surface area (Å²) in [6, 6.07) is 1.26. The van der Waals surface area contributed by atoms with E-state index < -0.39 is 0 Å². The molecule has 3 rings (SSSR count). The van der Waals surface area contributed by atoms with Crippen LogP contribution in [0.1, 0.15) is 31.4 Å². The molecule has 0 spiro atoms. The van der Waals surface area contributed by atoms with E-state index in [1.54, 1.807) is 11.3 Å². The van der Waals surface area contributed by atoms with Gasteiger partial charge in [-0.15, -0.1) is 11.3 Å². The Morgan fingerprint density at radius 1 is 1.36 bits per heavy atom. The second-order valence-corrected chi connectivity index (χ2v) is 8.04. The molecule has 0 radical (unpaired) electrons. The van der Waals surface area contributed by atoms with Crippen LogP contribution in [0.3, 0.4) is 0 Å². The van der Waals surface area contributed by atoms with Crippen LogP contribution in [0.5, 0.6) is 0 Å². The molecule has 0 aromatic carbocycles. The minimum absolute atomic E-state index is 0.112. The van der Waals surface area contributed by atoms with Gasteiger partial charge in [-0.3, -0.25) is 4.79 Å². The maximum absolute atomic E-state index is 12.1. The van der Waals surface area contributed by atoms with Gasteiger partial charge in [0.15, 0.2) is 4.34 Å². The van der Waals surface area contributed by atoms with Gasteiger partial charge in [0, 0.05) is 42.4 Å². The van der Waals surface area contributed by atoms with Crippen molar-refractivity contribution in [2.24, 2.45) is 0 Å². The van der Waals surface area contributed by atoms with Gasteiger partial charge in [0.25, 0.3) is 0 Å². The van der Waals surface area contributed by atoms with Crippen LogP contribution in [0, 0.1) is 6.92 Å². The zero-order chi connectivity index (χ0) is 15.4. The van der Waals surface area contributed by atoms with Crippen LogP contribution in [0.2, 0.25) is 0 Å². The molecule has 0 unspecified atom stereocenters. The van der Waals surface area contributed by atoms with Gasteiger partial charge >= 0.3 is 0 Å². The number of aryl methyl sites for hydroxylation is 1. The number of rotatable bonds is 6. The minimum Gasteiger partial charge on any atom is -0.381 e. The Kier molecular flexibility index (Phi) is 5.73. The Morgan fingerprint density at radius 2 is 2.14 bits per heavy atom. The van der Waals surface area contributed by atoms with Gasteiger partial charge in [-0.25, -0.2) is 4.98 Å². The number of hydrogen-bond donors (Lipinski definition) is 2. The molecule has 1 amide bonds. The molecule has 7 heteroatoms. The van der Waals surface area contributed by atoms with Crippen LogP contribution in [0.4, 0.5) is 0 Å². The van der Waals surface area contributed by atoms with Crippen molar-refractivity contribution in [1.29, 1.82) is 0 Å². The van der Waals surface area contributed by atoms with Gasteiger partial charge in [-0.1, -0.05) is 11.8 Å². The SMILES string of the molecule is Cc1csc(SCC(=O)N[C@H]2CC[C@H]2NC2CCOCC2)n1. The highest BCUT2D eigenvalue weighted by atomic mass is 32.2. The zero-order valence-corrected chi connectivity index (χ0v) is 14.5. The third-order valence-electron chi connectivity index (χ3n) is 4.22. The highest BCUT2D eigenvalue weighted by Gasteiger charge is 2.33. The summed E-state index contributed by atoms with van der Waals surface area (Å²) in [6.07, 6.45) is 4.39. The van der Waals surface area contributed by atoms with Crippen molar-refractivity contribution < 1.29 is 9.53 Å². The van der Waals surface area contributed by atoms with E-state index in [1.165, 1.54) is 11.8 Å². The molecule has 1 aromatic rings. The second kappa shape index (κ2) is 7.77. The molecule has 5 nitrogen and oxygen atoms in total. The third kappa shape index (κ3) is 4.44. The lowest BCUT2D eigenvalue weighted by molar-refractivity contribution is -0.120. The number of aromatic nitrogens is 1. The lowest BCUT2D eigenvalue weighted by Crippen LogP contribution is -2.59. The van der Waals surface area contributed by atoms with E-state index in [9.17, 15) is 4.79 Å². The van der Waals surface area contributed by atoms with E-state index in [-0.39, 0.29) is 11.9 Å². The number of carbonyl (C=O) groups is 1. The van der Waals surface area contributed by atoms with Crippen molar-refractivity contribution in [3.63, 3.8) is 0 Å². The topological polar surface area (TPSA) is 63.2 Å². The first-order valence-electron chi connectivity index (χ1n) is 7.89. The minimum atomic E-state index is 0.112. The highest BCUT2D eigenvalue weighted by Crippen LogP contribution is 2.24. The smallest absolute Gasteiger partial charge is 0.230 e. The summed E-state index contributed by atoms with van der Waals surface area (Å²) >= 11 is 3.12. The van der Waals surface area contributed by atoms with Crippen LogP contribution in [-0.4, -0.2) is 48.0 Å². The summed E-state index contributed by atoms with van der Waals surface area (Å²) < 4.78 is 6.35. The maximum Gasteiger partial charge on any atom is 0.230 e. The van der Waals surface area contributed by atoms with Crippen LogP contribution in [-0.2, 0) is 9.53 Å². The van der Waals surface area contributed by atoms with E-state index in [0.29, 0.717) is 17.8 Å². The van der Waals surface area contributed by atoms with Crippen LogP contribution < -0.4 is 10.6 Å². The number of nitrogens with zero attached hydrogens (tertiary/aromatic N) is 1. The van der Waals surface area contributed by atoms with Gasteiger partial charge in [0.05, 0.1) is 5.75 Å². The highest BCUT2D eigenvalue weighted by molar-refractivity contribution is 8.01. The fraction of sp³-hybridized carbons (Fsp3) is 0.733. The molecule has 2 aliphatic rings. The molecule has 2 N–H and O–H groups in total. The predicted octanol–water partition coefficient (Wildman–Crippen LogP) is 1.96. The molecule has 1 aliphatic carbocycles. The number of hydrogen-bond acceptors (Lipinski definition) is 6. The summed E-state index contributed by atoms with van der Waals surface area (Å²) in [5.41, 5.74) is 1.02. The molecule has 2 fully saturated rings. The van der Waals surface area contributed by atoms with E-state index in [4.69, 9.17) is 4.74 Å². The zero-order valence-electron chi connectivity index (χ0n) is 12.8. The van der Waals surface area contributed by atoms with Crippen molar-refractivity contribution in [2.75, 3.05) is 19.0 Å². The van der Waals surface area contributed by atoms with Crippen LogP contribution in [0.15, 0.2) is 9.72 Å². The molecular formula is C15H23N3O2S2. The Labute approximate surface area is 139 Å². The number of thioether (sulfide) groups is 1. The molecule has 0 bridgehead atoms. The largest absolute Gasteiger partial charge is 0.381 e. The van der Waals surface area contributed by atoms with Gasteiger partial charge < -0.3 is 15.4 Å². The van der Waals surface area contributed by atoms with Crippen molar-refractivity contribution >= 4 is 29.0 Å². The quantitative estimate of drug-likeness (QED) is 0.775. The number of carbonyl (C=O) groups excluding carboxylic acids is 1. The van der Waals surface area contributed by atoms with Crippen molar-refractivity contribution in [3.05, 3.63) is 11.1 Å². The fourth-order valence-corrected chi connectivity index (χ4v) is 4.47. The van der Waals surface area contributed by atoms with E-state index in [1.807, 2.05) is 12.3 Å². The first-order chi connectivity index (χ1) is 10.7. The summed E-state index contributed by atoms with van der Waals surface area (Å²) in [6.45, 7) is 3.68. The molecule has 2 atom stereocenters. The molecule has 1 aliphatic heterocycles. The number of ether oxygens (including phenoxy) is 1. The van der Waals surface area contributed by atoms with Crippen molar-refractivity contribution in [2.45, 2.75) is 55.1 Å². The molecule has 22 heavy (non-hydrogen) atoms. The molecule has 122 valence electrons. The Morgan fingerprint density at radius 3 is 2.77 bits per heavy atom. The monoisotopic (exact) mass is 341 g/mol. The van der Waals surface area contributed by atoms with Crippen molar-refractivity contribution in [3.8, 4) is 0 Å². The van der Waals surface area contributed by atoms with Crippen LogP contribution in [0.25, 0.3) is 0 Å².